The fourth-order valence-corrected chi connectivity index (χ4v) is 1.73. The van der Waals surface area contributed by atoms with E-state index in [1.54, 1.807) is 0 Å². The van der Waals surface area contributed by atoms with Crippen molar-refractivity contribution < 1.29 is 5.11 Å². The van der Waals surface area contributed by atoms with Crippen LogP contribution in [0.5, 0.6) is 0 Å². The van der Waals surface area contributed by atoms with Gasteiger partial charge in [-0.05, 0) is 38.7 Å². The molecular weight excluding hydrogens is 188 g/mol. The molecule has 0 aliphatic carbocycles. The minimum atomic E-state index is -0.367. The number of aliphatic hydroxyl groups excluding tert-OH is 1. The van der Waals surface area contributed by atoms with E-state index >= 15 is 0 Å². The van der Waals surface area contributed by atoms with Crippen molar-refractivity contribution in [1.82, 2.24) is 9.78 Å². The highest BCUT2D eigenvalue weighted by Crippen LogP contribution is 2.21. The van der Waals surface area contributed by atoms with Crippen LogP contribution in [0.3, 0.4) is 0 Å². The SMILES string of the molecule is CCn1nc(C)cc1C(O)CCC(C)C. The number of hydrogen-bond donors (Lipinski definition) is 1. The van der Waals surface area contributed by atoms with Gasteiger partial charge in [0, 0.05) is 6.54 Å². The Kier molecular flexibility index (Phi) is 4.33. The van der Waals surface area contributed by atoms with E-state index in [-0.39, 0.29) is 6.10 Å². The Morgan fingerprint density at radius 1 is 1.40 bits per heavy atom. The van der Waals surface area contributed by atoms with E-state index in [9.17, 15) is 5.11 Å². The lowest BCUT2D eigenvalue weighted by atomic mass is 10.0. The van der Waals surface area contributed by atoms with Gasteiger partial charge in [-0.1, -0.05) is 13.8 Å². The molecule has 0 saturated carbocycles. The molecule has 0 aliphatic rings. The molecule has 0 radical (unpaired) electrons. The molecule has 0 fully saturated rings. The molecule has 86 valence electrons. The van der Waals surface area contributed by atoms with Crippen molar-refractivity contribution in [2.45, 2.75) is 53.2 Å². The highest BCUT2D eigenvalue weighted by molar-refractivity contribution is 5.11. The van der Waals surface area contributed by atoms with Gasteiger partial charge in [0.05, 0.1) is 17.5 Å². The zero-order valence-electron chi connectivity index (χ0n) is 10.2. The molecule has 1 heterocycles. The average molecular weight is 210 g/mol. The van der Waals surface area contributed by atoms with Crippen molar-refractivity contribution in [1.29, 1.82) is 0 Å². The number of aryl methyl sites for hydroxylation is 2. The highest BCUT2D eigenvalue weighted by atomic mass is 16.3. The molecule has 0 aromatic carbocycles. The van der Waals surface area contributed by atoms with Gasteiger partial charge in [-0.3, -0.25) is 4.68 Å². The maximum absolute atomic E-state index is 10.0. The minimum absolute atomic E-state index is 0.367. The summed E-state index contributed by atoms with van der Waals surface area (Å²) >= 11 is 0. The average Bonchev–Trinajstić information content (AvgIpc) is 2.56. The van der Waals surface area contributed by atoms with Gasteiger partial charge >= 0.3 is 0 Å². The Morgan fingerprint density at radius 3 is 2.60 bits per heavy atom. The zero-order chi connectivity index (χ0) is 11.4. The van der Waals surface area contributed by atoms with Gasteiger partial charge in [-0.15, -0.1) is 0 Å². The molecule has 15 heavy (non-hydrogen) atoms. The molecule has 0 bridgehead atoms. The maximum atomic E-state index is 10.0. The van der Waals surface area contributed by atoms with Crippen molar-refractivity contribution >= 4 is 0 Å². The fourth-order valence-electron chi connectivity index (χ4n) is 1.73. The molecule has 1 aromatic rings. The Bertz CT molecular complexity index is 305. The second-order valence-corrected chi connectivity index (χ2v) is 4.51. The summed E-state index contributed by atoms with van der Waals surface area (Å²) in [5.41, 5.74) is 1.94. The van der Waals surface area contributed by atoms with Crippen LogP contribution in [0.1, 0.15) is 51.1 Å². The van der Waals surface area contributed by atoms with Crippen LogP contribution in [0, 0.1) is 12.8 Å². The summed E-state index contributed by atoms with van der Waals surface area (Å²) in [6.07, 6.45) is 1.51. The first-order chi connectivity index (χ1) is 7.04. The second-order valence-electron chi connectivity index (χ2n) is 4.51. The largest absolute Gasteiger partial charge is 0.387 e. The van der Waals surface area contributed by atoms with E-state index in [2.05, 4.69) is 18.9 Å². The molecule has 1 rings (SSSR count). The predicted octanol–water partition coefficient (Wildman–Crippen LogP) is 2.68. The summed E-state index contributed by atoms with van der Waals surface area (Å²) in [5, 5.41) is 14.4. The smallest absolute Gasteiger partial charge is 0.0956 e. The molecule has 0 amide bonds. The first-order valence-corrected chi connectivity index (χ1v) is 5.77. The van der Waals surface area contributed by atoms with Gasteiger partial charge in [0.1, 0.15) is 0 Å². The van der Waals surface area contributed by atoms with Crippen LogP contribution in [0.2, 0.25) is 0 Å². The minimum Gasteiger partial charge on any atom is -0.387 e. The van der Waals surface area contributed by atoms with E-state index < -0.39 is 0 Å². The van der Waals surface area contributed by atoms with Crippen LogP contribution in [-0.4, -0.2) is 14.9 Å². The predicted molar refractivity (Wildman–Crippen MR) is 61.7 cm³/mol. The van der Waals surface area contributed by atoms with E-state index in [4.69, 9.17) is 0 Å². The molecule has 0 saturated heterocycles. The van der Waals surface area contributed by atoms with Crippen molar-refractivity contribution in [3.8, 4) is 0 Å². The zero-order valence-corrected chi connectivity index (χ0v) is 10.2. The number of aromatic nitrogens is 2. The van der Waals surface area contributed by atoms with Crippen LogP contribution < -0.4 is 0 Å². The Hall–Kier alpha value is -0.830. The summed E-state index contributed by atoms with van der Waals surface area (Å²) in [4.78, 5) is 0. The van der Waals surface area contributed by atoms with Crippen molar-refractivity contribution in [2.75, 3.05) is 0 Å². The van der Waals surface area contributed by atoms with Gasteiger partial charge in [0.25, 0.3) is 0 Å². The number of aliphatic hydroxyl groups is 1. The number of hydrogen-bond acceptors (Lipinski definition) is 2. The Labute approximate surface area is 92.1 Å². The van der Waals surface area contributed by atoms with Crippen molar-refractivity contribution in [3.05, 3.63) is 17.5 Å². The lowest BCUT2D eigenvalue weighted by Gasteiger charge is -2.13. The number of nitrogens with zero attached hydrogens (tertiary/aromatic N) is 2. The first-order valence-electron chi connectivity index (χ1n) is 5.77. The molecule has 0 spiro atoms. The Balaban J connectivity index is 2.67. The van der Waals surface area contributed by atoms with E-state index in [1.165, 1.54) is 0 Å². The van der Waals surface area contributed by atoms with Gasteiger partial charge in [0.15, 0.2) is 0 Å². The van der Waals surface area contributed by atoms with Crippen LogP contribution in [0.25, 0.3) is 0 Å². The van der Waals surface area contributed by atoms with Crippen molar-refractivity contribution in [3.63, 3.8) is 0 Å². The standard InChI is InChI=1S/C12H22N2O/c1-5-14-11(8-10(4)13-14)12(15)7-6-9(2)3/h8-9,12,15H,5-7H2,1-4H3. The van der Waals surface area contributed by atoms with Crippen LogP contribution in [-0.2, 0) is 6.54 Å². The molecule has 3 nitrogen and oxygen atoms in total. The van der Waals surface area contributed by atoms with Crippen LogP contribution >= 0.6 is 0 Å². The molecule has 3 heteroatoms. The molecular formula is C12H22N2O. The molecule has 1 N–H and O–H groups in total. The summed E-state index contributed by atoms with van der Waals surface area (Å²) in [7, 11) is 0. The summed E-state index contributed by atoms with van der Waals surface area (Å²) in [5.74, 6) is 0.638. The Morgan fingerprint density at radius 2 is 2.07 bits per heavy atom. The van der Waals surface area contributed by atoms with E-state index in [0.29, 0.717) is 5.92 Å². The maximum Gasteiger partial charge on any atom is 0.0956 e. The summed E-state index contributed by atoms with van der Waals surface area (Å²) in [6.45, 7) is 9.18. The van der Waals surface area contributed by atoms with Gasteiger partial charge in [-0.25, -0.2) is 0 Å². The molecule has 1 aromatic heterocycles. The highest BCUT2D eigenvalue weighted by Gasteiger charge is 2.14. The normalized spacial score (nSPS) is 13.5. The third-order valence-corrected chi connectivity index (χ3v) is 2.59. The lowest BCUT2D eigenvalue weighted by Crippen LogP contribution is -2.08. The van der Waals surface area contributed by atoms with E-state index in [1.807, 2.05) is 24.6 Å². The van der Waals surface area contributed by atoms with Gasteiger partial charge < -0.3 is 5.11 Å². The first kappa shape index (κ1) is 12.2. The van der Waals surface area contributed by atoms with Crippen LogP contribution in [0.15, 0.2) is 6.07 Å². The third kappa shape index (κ3) is 3.34. The van der Waals surface area contributed by atoms with Gasteiger partial charge in [-0.2, -0.15) is 5.10 Å². The molecule has 1 unspecified atom stereocenters. The molecule has 1 atom stereocenters. The lowest BCUT2D eigenvalue weighted by molar-refractivity contribution is 0.148. The van der Waals surface area contributed by atoms with Gasteiger partial charge in [0.2, 0.25) is 0 Å². The summed E-state index contributed by atoms with van der Waals surface area (Å²) < 4.78 is 1.89. The fraction of sp³-hybridized carbons (Fsp3) is 0.750. The number of rotatable bonds is 5. The van der Waals surface area contributed by atoms with Crippen LogP contribution in [0.4, 0.5) is 0 Å². The monoisotopic (exact) mass is 210 g/mol. The van der Waals surface area contributed by atoms with E-state index in [0.717, 1.165) is 30.8 Å². The third-order valence-electron chi connectivity index (χ3n) is 2.59. The van der Waals surface area contributed by atoms with Crippen molar-refractivity contribution in [2.24, 2.45) is 5.92 Å². The molecule has 0 aliphatic heterocycles. The quantitative estimate of drug-likeness (QED) is 0.811. The topological polar surface area (TPSA) is 38.0 Å². The second kappa shape index (κ2) is 5.31. The summed E-state index contributed by atoms with van der Waals surface area (Å²) in [6, 6.07) is 1.98.